The van der Waals surface area contributed by atoms with Crippen molar-refractivity contribution in [2.24, 2.45) is 0 Å². The van der Waals surface area contributed by atoms with Gasteiger partial charge in [-0.3, -0.25) is 0 Å². The molecule has 0 amide bonds. The Hall–Kier alpha value is -1.76. The van der Waals surface area contributed by atoms with E-state index in [1.54, 1.807) is 0 Å². The van der Waals surface area contributed by atoms with Crippen molar-refractivity contribution in [3.8, 4) is 0 Å². The van der Waals surface area contributed by atoms with Crippen LogP contribution in [0.15, 0.2) is 42.5 Å². The summed E-state index contributed by atoms with van der Waals surface area (Å²) in [4.78, 5) is 0. The van der Waals surface area contributed by atoms with Gasteiger partial charge in [0.25, 0.3) is 0 Å². The van der Waals surface area contributed by atoms with E-state index in [9.17, 15) is 0 Å². The van der Waals surface area contributed by atoms with Gasteiger partial charge in [-0.25, -0.2) is 0 Å². The molecule has 0 aromatic heterocycles. The molecule has 0 saturated heterocycles. The number of benzene rings is 2. The molecule has 1 unspecified atom stereocenters. The number of anilines is 1. The van der Waals surface area contributed by atoms with Crippen molar-refractivity contribution in [2.75, 3.05) is 11.9 Å². The van der Waals surface area contributed by atoms with Crippen molar-refractivity contribution in [1.29, 1.82) is 0 Å². The second-order valence-electron chi connectivity index (χ2n) is 5.63. The van der Waals surface area contributed by atoms with Gasteiger partial charge in [-0.2, -0.15) is 0 Å². The number of rotatable bonds is 2. The zero-order valence-corrected chi connectivity index (χ0v) is 11.7. The highest BCUT2D eigenvalue weighted by Gasteiger charge is 2.20. The maximum atomic E-state index is 3.50. The van der Waals surface area contributed by atoms with Gasteiger partial charge < -0.3 is 5.32 Å². The van der Waals surface area contributed by atoms with E-state index in [1.165, 1.54) is 34.4 Å². The minimum absolute atomic E-state index is 0.651. The summed E-state index contributed by atoms with van der Waals surface area (Å²) in [6.45, 7) is 5.49. The first kappa shape index (κ1) is 12.3. The van der Waals surface area contributed by atoms with E-state index in [0.717, 1.165) is 13.0 Å². The molecule has 19 heavy (non-hydrogen) atoms. The van der Waals surface area contributed by atoms with Gasteiger partial charge in [-0.05, 0) is 55.4 Å². The molecule has 0 saturated carbocycles. The largest absolute Gasteiger partial charge is 0.385 e. The first-order chi connectivity index (χ1) is 9.24. The average molecular weight is 251 g/mol. The highest BCUT2D eigenvalue weighted by Crippen LogP contribution is 2.34. The molecule has 0 radical (unpaired) electrons. The molecule has 1 N–H and O–H groups in total. The lowest BCUT2D eigenvalue weighted by molar-refractivity contribution is 0.622. The first-order valence-corrected chi connectivity index (χ1v) is 7.13. The van der Waals surface area contributed by atoms with Gasteiger partial charge in [0.05, 0.1) is 0 Å². The Kier molecular flexibility index (Phi) is 3.29. The van der Waals surface area contributed by atoms with Gasteiger partial charge >= 0.3 is 0 Å². The molecule has 3 rings (SSSR count). The summed E-state index contributed by atoms with van der Waals surface area (Å²) >= 11 is 0. The van der Waals surface area contributed by atoms with Crippen LogP contribution in [0.1, 0.15) is 34.6 Å². The molecular formula is C18H21N. The Morgan fingerprint density at radius 2 is 1.95 bits per heavy atom. The lowest BCUT2D eigenvalue weighted by Gasteiger charge is -2.27. The third-order valence-corrected chi connectivity index (χ3v) is 4.18. The SMILES string of the molecule is Cc1ccc(C)c(CC2CCNc3ccccc32)c1. The minimum Gasteiger partial charge on any atom is -0.385 e. The zero-order chi connectivity index (χ0) is 13.2. The van der Waals surface area contributed by atoms with Gasteiger partial charge in [0, 0.05) is 12.2 Å². The van der Waals surface area contributed by atoms with Crippen LogP contribution in [0.25, 0.3) is 0 Å². The summed E-state index contributed by atoms with van der Waals surface area (Å²) in [5.41, 5.74) is 7.09. The van der Waals surface area contributed by atoms with Crippen molar-refractivity contribution in [3.63, 3.8) is 0 Å². The fourth-order valence-corrected chi connectivity index (χ4v) is 3.05. The third kappa shape index (κ3) is 2.51. The minimum atomic E-state index is 0.651. The highest BCUT2D eigenvalue weighted by molar-refractivity contribution is 5.55. The molecule has 0 bridgehead atoms. The molecule has 2 aromatic carbocycles. The van der Waals surface area contributed by atoms with Gasteiger partial charge in [0.15, 0.2) is 0 Å². The summed E-state index contributed by atoms with van der Waals surface area (Å²) in [6, 6.07) is 15.5. The van der Waals surface area contributed by atoms with Gasteiger partial charge in [-0.15, -0.1) is 0 Å². The van der Waals surface area contributed by atoms with Crippen LogP contribution in [-0.4, -0.2) is 6.54 Å². The van der Waals surface area contributed by atoms with Crippen LogP contribution in [0.3, 0.4) is 0 Å². The standard InChI is InChI=1S/C18H21N/c1-13-7-8-14(2)16(11-13)12-15-9-10-19-18-6-4-3-5-17(15)18/h3-8,11,15,19H,9-10,12H2,1-2H3. The molecule has 2 aromatic rings. The van der Waals surface area contributed by atoms with Crippen molar-refractivity contribution in [3.05, 3.63) is 64.7 Å². The van der Waals surface area contributed by atoms with E-state index in [0.29, 0.717) is 5.92 Å². The molecule has 1 aliphatic rings. The Morgan fingerprint density at radius 3 is 2.84 bits per heavy atom. The van der Waals surface area contributed by atoms with E-state index in [-0.39, 0.29) is 0 Å². The molecule has 1 heterocycles. The van der Waals surface area contributed by atoms with Crippen molar-refractivity contribution in [1.82, 2.24) is 0 Å². The van der Waals surface area contributed by atoms with Crippen LogP contribution in [0.5, 0.6) is 0 Å². The molecule has 1 heteroatoms. The second-order valence-corrected chi connectivity index (χ2v) is 5.63. The second kappa shape index (κ2) is 5.08. The van der Waals surface area contributed by atoms with E-state index in [4.69, 9.17) is 0 Å². The molecule has 1 aliphatic heterocycles. The van der Waals surface area contributed by atoms with Crippen LogP contribution >= 0.6 is 0 Å². The summed E-state index contributed by atoms with van der Waals surface area (Å²) in [6.07, 6.45) is 2.39. The lowest BCUT2D eigenvalue weighted by atomic mass is 9.84. The van der Waals surface area contributed by atoms with Gasteiger partial charge in [-0.1, -0.05) is 42.0 Å². The van der Waals surface area contributed by atoms with Crippen molar-refractivity contribution >= 4 is 5.69 Å². The van der Waals surface area contributed by atoms with E-state index >= 15 is 0 Å². The lowest BCUT2D eigenvalue weighted by Crippen LogP contribution is -2.18. The molecule has 0 aliphatic carbocycles. The first-order valence-electron chi connectivity index (χ1n) is 7.13. The fraction of sp³-hybridized carbons (Fsp3) is 0.333. The number of hydrogen-bond donors (Lipinski definition) is 1. The van der Waals surface area contributed by atoms with Crippen LogP contribution in [-0.2, 0) is 6.42 Å². The normalized spacial score (nSPS) is 17.7. The molecular weight excluding hydrogens is 230 g/mol. The molecule has 1 nitrogen and oxygen atoms in total. The molecule has 98 valence electrons. The van der Waals surface area contributed by atoms with E-state index in [1.807, 2.05) is 0 Å². The van der Waals surface area contributed by atoms with Crippen molar-refractivity contribution in [2.45, 2.75) is 32.6 Å². The van der Waals surface area contributed by atoms with Gasteiger partial charge in [0.2, 0.25) is 0 Å². The molecule has 0 fully saturated rings. The predicted molar refractivity (Wildman–Crippen MR) is 81.9 cm³/mol. The predicted octanol–water partition coefficient (Wildman–Crippen LogP) is 4.45. The number of fused-ring (bicyclic) bond motifs is 1. The summed E-state index contributed by atoms with van der Waals surface area (Å²) in [5, 5.41) is 3.50. The smallest absolute Gasteiger partial charge is 0.0375 e. The third-order valence-electron chi connectivity index (χ3n) is 4.18. The topological polar surface area (TPSA) is 12.0 Å². The summed E-state index contributed by atoms with van der Waals surface area (Å²) in [5.74, 6) is 0.651. The average Bonchev–Trinajstić information content (AvgIpc) is 2.43. The van der Waals surface area contributed by atoms with Crippen LogP contribution in [0, 0.1) is 13.8 Å². The number of hydrogen-bond acceptors (Lipinski definition) is 1. The van der Waals surface area contributed by atoms with Crippen molar-refractivity contribution < 1.29 is 0 Å². The quantitative estimate of drug-likeness (QED) is 0.831. The monoisotopic (exact) mass is 251 g/mol. The van der Waals surface area contributed by atoms with Crippen LogP contribution < -0.4 is 5.32 Å². The van der Waals surface area contributed by atoms with Crippen LogP contribution in [0.2, 0.25) is 0 Å². The number of para-hydroxylation sites is 1. The van der Waals surface area contributed by atoms with Crippen LogP contribution in [0.4, 0.5) is 5.69 Å². The zero-order valence-electron chi connectivity index (χ0n) is 11.7. The Morgan fingerprint density at radius 1 is 1.11 bits per heavy atom. The summed E-state index contributed by atoms with van der Waals surface area (Å²) < 4.78 is 0. The van der Waals surface area contributed by atoms with Gasteiger partial charge in [0.1, 0.15) is 0 Å². The Labute approximate surface area is 115 Å². The maximum Gasteiger partial charge on any atom is 0.0375 e. The molecule has 0 spiro atoms. The Balaban J connectivity index is 1.90. The summed E-state index contributed by atoms with van der Waals surface area (Å²) in [7, 11) is 0. The maximum absolute atomic E-state index is 3.50. The van der Waals surface area contributed by atoms with E-state index < -0.39 is 0 Å². The number of nitrogens with one attached hydrogen (secondary N) is 1. The Bertz CT molecular complexity index is 586. The van der Waals surface area contributed by atoms with E-state index in [2.05, 4.69) is 61.6 Å². The molecule has 1 atom stereocenters. The fourth-order valence-electron chi connectivity index (χ4n) is 3.05. The highest BCUT2D eigenvalue weighted by atomic mass is 14.9. The number of aryl methyl sites for hydroxylation is 2.